The molecular formula is C34H32F2N4O4. The van der Waals surface area contributed by atoms with E-state index in [1.165, 1.54) is 6.07 Å². The van der Waals surface area contributed by atoms with E-state index in [-0.39, 0.29) is 42.7 Å². The van der Waals surface area contributed by atoms with Gasteiger partial charge in [-0.2, -0.15) is 0 Å². The molecule has 8 nitrogen and oxygen atoms in total. The van der Waals surface area contributed by atoms with Crippen molar-refractivity contribution in [2.45, 2.75) is 44.7 Å². The van der Waals surface area contributed by atoms with Gasteiger partial charge in [-0.3, -0.25) is 9.59 Å². The lowest BCUT2D eigenvalue weighted by Crippen LogP contribution is -2.34. The molecule has 1 fully saturated rings. The molecule has 1 aromatic heterocycles. The summed E-state index contributed by atoms with van der Waals surface area (Å²) in [7, 11) is 3.11. The van der Waals surface area contributed by atoms with Gasteiger partial charge in [-0.25, -0.2) is 18.7 Å². The molecule has 1 atom stereocenters. The monoisotopic (exact) mass is 598 g/mol. The SMILES string of the molecule is CCC1(c2ccc(Cc3nc(-c4c(F)cccc4F)nc4c3C(=O)N(Cc3ccc(OC)cc3OC)C4)cc2)CCNC1=O. The van der Waals surface area contributed by atoms with Crippen LogP contribution in [-0.4, -0.2) is 47.4 Å². The third-order valence-electron chi connectivity index (χ3n) is 8.70. The highest BCUT2D eigenvalue weighted by molar-refractivity contribution is 5.99. The van der Waals surface area contributed by atoms with Crippen LogP contribution in [0.25, 0.3) is 11.4 Å². The summed E-state index contributed by atoms with van der Waals surface area (Å²) in [6.45, 7) is 3.00. The molecule has 0 aliphatic carbocycles. The molecule has 0 saturated carbocycles. The first-order valence-electron chi connectivity index (χ1n) is 14.5. The van der Waals surface area contributed by atoms with Crippen molar-refractivity contribution in [3.8, 4) is 22.9 Å². The maximum atomic E-state index is 14.9. The summed E-state index contributed by atoms with van der Waals surface area (Å²) >= 11 is 0. The van der Waals surface area contributed by atoms with Crippen molar-refractivity contribution >= 4 is 11.8 Å². The van der Waals surface area contributed by atoms with Gasteiger partial charge in [0.25, 0.3) is 5.91 Å². The number of hydrogen-bond donors (Lipinski definition) is 1. The molecule has 2 aliphatic heterocycles. The van der Waals surface area contributed by atoms with Crippen LogP contribution in [-0.2, 0) is 29.7 Å². The molecule has 3 heterocycles. The van der Waals surface area contributed by atoms with Crippen LogP contribution >= 0.6 is 0 Å². The minimum atomic E-state index is -0.788. The molecule has 3 aromatic carbocycles. The second-order valence-corrected chi connectivity index (χ2v) is 11.1. The number of benzene rings is 3. The predicted molar refractivity (Wildman–Crippen MR) is 159 cm³/mol. The van der Waals surface area contributed by atoms with Gasteiger partial charge in [-0.05, 0) is 48.2 Å². The number of nitrogens with zero attached hydrogens (tertiary/aromatic N) is 3. The molecule has 10 heteroatoms. The van der Waals surface area contributed by atoms with Crippen molar-refractivity contribution < 1.29 is 27.8 Å². The van der Waals surface area contributed by atoms with Gasteiger partial charge in [0.15, 0.2) is 5.82 Å². The van der Waals surface area contributed by atoms with Crippen molar-refractivity contribution in [2.75, 3.05) is 20.8 Å². The van der Waals surface area contributed by atoms with E-state index in [0.29, 0.717) is 41.4 Å². The van der Waals surface area contributed by atoms with Crippen LogP contribution in [0, 0.1) is 11.6 Å². The Kier molecular flexibility index (Phi) is 7.75. The number of ether oxygens (including phenoxy) is 2. The largest absolute Gasteiger partial charge is 0.497 e. The number of methoxy groups -OCH3 is 2. The van der Waals surface area contributed by atoms with E-state index in [9.17, 15) is 18.4 Å². The van der Waals surface area contributed by atoms with Gasteiger partial charge in [-0.15, -0.1) is 0 Å². The van der Waals surface area contributed by atoms with Crippen molar-refractivity contribution in [1.82, 2.24) is 20.2 Å². The Bertz CT molecular complexity index is 1740. The van der Waals surface area contributed by atoms with Crippen LogP contribution in [0.2, 0.25) is 0 Å². The number of hydrogen-bond acceptors (Lipinski definition) is 6. The Balaban J connectivity index is 1.38. The highest BCUT2D eigenvalue weighted by atomic mass is 19.1. The molecule has 2 amide bonds. The summed E-state index contributed by atoms with van der Waals surface area (Å²) in [5.74, 6) is -0.761. The fraction of sp³-hybridized carbons (Fsp3) is 0.294. The predicted octanol–water partition coefficient (Wildman–Crippen LogP) is 5.35. The standard InChI is InChI=1S/C34H32F2N4O4/c1-4-34(14-15-37-33(34)42)22-11-8-20(9-12-22)16-26-30-27(39-31(38-26)29-24(35)6-5-7-25(29)36)19-40(32(30)41)18-21-10-13-23(43-2)17-28(21)44-3/h5-13,17H,4,14-16,18-19H2,1-3H3,(H,37,42). The fourth-order valence-corrected chi connectivity index (χ4v) is 6.22. The maximum Gasteiger partial charge on any atom is 0.258 e. The number of nitrogens with one attached hydrogen (secondary N) is 1. The topological polar surface area (TPSA) is 93.7 Å². The summed E-state index contributed by atoms with van der Waals surface area (Å²) < 4.78 is 40.6. The van der Waals surface area contributed by atoms with Crippen molar-refractivity contribution in [2.24, 2.45) is 0 Å². The quantitative estimate of drug-likeness (QED) is 0.279. The van der Waals surface area contributed by atoms with Crippen molar-refractivity contribution in [3.63, 3.8) is 0 Å². The third-order valence-corrected chi connectivity index (χ3v) is 8.70. The number of fused-ring (bicyclic) bond motifs is 1. The summed E-state index contributed by atoms with van der Waals surface area (Å²) in [4.78, 5) is 37.2. The molecule has 0 bridgehead atoms. The van der Waals surface area contributed by atoms with Crippen LogP contribution in [0.5, 0.6) is 11.5 Å². The van der Waals surface area contributed by atoms with Gasteiger partial charge < -0.3 is 19.7 Å². The highest BCUT2D eigenvalue weighted by Gasteiger charge is 2.42. The zero-order valence-corrected chi connectivity index (χ0v) is 24.7. The van der Waals surface area contributed by atoms with Gasteiger partial charge in [0.1, 0.15) is 23.1 Å². The molecule has 2 aliphatic rings. The lowest BCUT2D eigenvalue weighted by atomic mass is 9.76. The Morgan fingerprint density at radius 3 is 2.34 bits per heavy atom. The molecular weight excluding hydrogens is 566 g/mol. The van der Waals surface area contributed by atoms with Crippen LogP contribution < -0.4 is 14.8 Å². The Morgan fingerprint density at radius 2 is 1.70 bits per heavy atom. The average Bonchev–Trinajstić information content (AvgIpc) is 3.56. The van der Waals surface area contributed by atoms with Crippen LogP contribution in [0.3, 0.4) is 0 Å². The number of aromatic nitrogens is 2. The molecule has 44 heavy (non-hydrogen) atoms. The summed E-state index contributed by atoms with van der Waals surface area (Å²) in [5.41, 5.74) is 2.71. The van der Waals surface area contributed by atoms with Gasteiger partial charge in [0.05, 0.1) is 55.2 Å². The Morgan fingerprint density at radius 1 is 0.955 bits per heavy atom. The second-order valence-electron chi connectivity index (χ2n) is 11.1. The van der Waals surface area contributed by atoms with E-state index in [1.54, 1.807) is 31.3 Å². The van der Waals surface area contributed by atoms with E-state index in [1.807, 2.05) is 37.3 Å². The molecule has 1 saturated heterocycles. The lowest BCUT2D eigenvalue weighted by Gasteiger charge is -2.25. The third kappa shape index (κ3) is 5.04. The number of carbonyl (C=O) groups excluding carboxylic acids is 2. The van der Waals surface area contributed by atoms with E-state index < -0.39 is 17.0 Å². The van der Waals surface area contributed by atoms with Gasteiger partial charge in [0.2, 0.25) is 5.91 Å². The van der Waals surface area contributed by atoms with Crippen LogP contribution in [0.4, 0.5) is 8.78 Å². The lowest BCUT2D eigenvalue weighted by molar-refractivity contribution is -0.124. The molecule has 0 spiro atoms. The highest BCUT2D eigenvalue weighted by Crippen LogP contribution is 2.36. The zero-order chi connectivity index (χ0) is 31.0. The minimum Gasteiger partial charge on any atom is -0.497 e. The summed E-state index contributed by atoms with van der Waals surface area (Å²) in [5, 5.41) is 2.94. The Labute approximate surface area is 254 Å². The molecule has 4 aromatic rings. The number of amides is 2. The molecule has 0 radical (unpaired) electrons. The number of rotatable bonds is 9. The first-order chi connectivity index (χ1) is 21.3. The van der Waals surface area contributed by atoms with E-state index in [0.717, 1.165) is 35.2 Å². The number of carbonyl (C=O) groups is 2. The van der Waals surface area contributed by atoms with Gasteiger partial charge in [0, 0.05) is 24.6 Å². The van der Waals surface area contributed by atoms with Gasteiger partial charge >= 0.3 is 0 Å². The first-order valence-corrected chi connectivity index (χ1v) is 14.5. The van der Waals surface area contributed by atoms with Crippen LogP contribution in [0.15, 0.2) is 60.7 Å². The summed E-state index contributed by atoms with van der Waals surface area (Å²) in [6.07, 6.45) is 1.63. The zero-order valence-electron chi connectivity index (χ0n) is 24.7. The van der Waals surface area contributed by atoms with E-state index >= 15 is 0 Å². The Hall–Kier alpha value is -4.86. The average molecular weight is 599 g/mol. The smallest absolute Gasteiger partial charge is 0.258 e. The molecule has 226 valence electrons. The van der Waals surface area contributed by atoms with E-state index in [4.69, 9.17) is 9.47 Å². The number of halogens is 2. The van der Waals surface area contributed by atoms with Crippen molar-refractivity contribution in [3.05, 3.63) is 106 Å². The first kappa shape index (κ1) is 29.2. The van der Waals surface area contributed by atoms with Crippen LogP contribution in [0.1, 0.15) is 58.2 Å². The molecule has 6 rings (SSSR count). The maximum absolute atomic E-state index is 14.9. The summed E-state index contributed by atoms with van der Waals surface area (Å²) in [6, 6.07) is 16.7. The fourth-order valence-electron chi connectivity index (χ4n) is 6.22. The second kappa shape index (κ2) is 11.7. The molecule has 1 N–H and O–H groups in total. The van der Waals surface area contributed by atoms with Gasteiger partial charge in [-0.1, -0.05) is 37.3 Å². The van der Waals surface area contributed by atoms with Crippen molar-refractivity contribution in [1.29, 1.82) is 0 Å². The minimum absolute atomic E-state index is 0.0251. The normalized spacial score (nSPS) is 17.5. The molecule has 1 unspecified atom stereocenters. The van der Waals surface area contributed by atoms with E-state index in [2.05, 4.69) is 15.3 Å².